The molecule has 128 valence electrons. The lowest BCUT2D eigenvalue weighted by atomic mass is 9.68. The van der Waals surface area contributed by atoms with Crippen LogP contribution in [-0.4, -0.2) is 18.0 Å². The predicted octanol–water partition coefficient (Wildman–Crippen LogP) is 5.72. The zero-order valence-electron chi connectivity index (χ0n) is 14.1. The lowest BCUT2D eigenvalue weighted by Crippen LogP contribution is -2.43. The van der Waals surface area contributed by atoms with E-state index in [4.69, 9.17) is 11.6 Å². The third-order valence-electron chi connectivity index (χ3n) is 5.94. The molecule has 0 atom stereocenters. The first-order valence-electron chi connectivity index (χ1n) is 8.83. The van der Waals surface area contributed by atoms with Crippen LogP contribution in [0.5, 0.6) is 0 Å². The number of piperidine rings is 1. The lowest BCUT2D eigenvalue weighted by Gasteiger charge is -2.44. The van der Waals surface area contributed by atoms with Crippen molar-refractivity contribution in [3.05, 3.63) is 56.0 Å². The minimum Gasteiger partial charge on any atom is -0.299 e. The van der Waals surface area contributed by atoms with E-state index >= 15 is 0 Å². The SMILES string of the molecule is Cc1c(Cl)sc2c1CCCC21CCN(Cc2ccccc2F)CC1. The van der Waals surface area contributed by atoms with E-state index in [0.717, 1.165) is 29.5 Å². The highest BCUT2D eigenvalue weighted by Crippen LogP contribution is 2.50. The molecule has 1 fully saturated rings. The number of hydrogen-bond acceptors (Lipinski definition) is 2. The van der Waals surface area contributed by atoms with E-state index in [2.05, 4.69) is 11.8 Å². The van der Waals surface area contributed by atoms with Gasteiger partial charge in [0, 0.05) is 22.4 Å². The fraction of sp³-hybridized carbons (Fsp3) is 0.500. The van der Waals surface area contributed by atoms with Gasteiger partial charge >= 0.3 is 0 Å². The summed E-state index contributed by atoms with van der Waals surface area (Å²) in [6, 6.07) is 7.15. The van der Waals surface area contributed by atoms with Gasteiger partial charge in [-0.15, -0.1) is 11.3 Å². The molecular weight excluding hydrogens is 341 g/mol. The van der Waals surface area contributed by atoms with Crippen molar-refractivity contribution < 1.29 is 4.39 Å². The Morgan fingerprint density at radius 3 is 2.71 bits per heavy atom. The van der Waals surface area contributed by atoms with Crippen LogP contribution in [-0.2, 0) is 18.4 Å². The van der Waals surface area contributed by atoms with Gasteiger partial charge in [-0.1, -0.05) is 29.8 Å². The zero-order chi connectivity index (χ0) is 16.7. The van der Waals surface area contributed by atoms with Crippen LogP contribution in [0.15, 0.2) is 24.3 Å². The molecule has 1 aromatic heterocycles. The Balaban J connectivity index is 1.51. The molecule has 2 aromatic rings. The van der Waals surface area contributed by atoms with Crippen molar-refractivity contribution in [2.75, 3.05) is 13.1 Å². The van der Waals surface area contributed by atoms with Gasteiger partial charge in [0.15, 0.2) is 0 Å². The summed E-state index contributed by atoms with van der Waals surface area (Å²) >= 11 is 8.26. The van der Waals surface area contributed by atoms with Gasteiger partial charge in [-0.2, -0.15) is 0 Å². The third kappa shape index (κ3) is 2.81. The number of halogens is 2. The van der Waals surface area contributed by atoms with Crippen LogP contribution in [0.25, 0.3) is 0 Å². The quantitative estimate of drug-likeness (QED) is 0.659. The van der Waals surface area contributed by atoms with E-state index in [0.29, 0.717) is 5.41 Å². The molecule has 0 unspecified atom stereocenters. The van der Waals surface area contributed by atoms with E-state index in [1.807, 2.05) is 23.5 Å². The first kappa shape index (κ1) is 16.6. The highest BCUT2D eigenvalue weighted by molar-refractivity contribution is 7.16. The molecule has 24 heavy (non-hydrogen) atoms. The van der Waals surface area contributed by atoms with Crippen molar-refractivity contribution in [2.24, 2.45) is 0 Å². The maximum Gasteiger partial charge on any atom is 0.127 e. The van der Waals surface area contributed by atoms with Crippen molar-refractivity contribution in [3.63, 3.8) is 0 Å². The van der Waals surface area contributed by atoms with E-state index in [9.17, 15) is 4.39 Å². The molecule has 4 heteroatoms. The number of thiophene rings is 1. The van der Waals surface area contributed by atoms with Crippen LogP contribution >= 0.6 is 22.9 Å². The summed E-state index contributed by atoms with van der Waals surface area (Å²) in [5, 5.41) is 0. The number of fused-ring (bicyclic) bond motifs is 2. The second-order valence-corrected chi connectivity index (χ2v) is 8.93. The topological polar surface area (TPSA) is 3.24 Å². The van der Waals surface area contributed by atoms with E-state index in [1.165, 1.54) is 43.2 Å². The summed E-state index contributed by atoms with van der Waals surface area (Å²) in [7, 11) is 0. The van der Waals surface area contributed by atoms with Gasteiger partial charge in [-0.3, -0.25) is 4.90 Å². The molecule has 0 N–H and O–H groups in total. The molecule has 0 amide bonds. The smallest absolute Gasteiger partial charge is 0.127 e. The Kier molecular flexibility index (Phi) is 4.44. The van der Waals surface area contributed by atoms with Crippen molar-refractivity contribution in [2.45, 2.75) is 51.0 Å². The highest BCUT2D eigenvalue weighted by atomic mass is 35.5. The average molecular weight is 364 g/mol. The van der Waals surface area contributed by atoms with E-state index < -0.39 is 0 Å². The molecule has 1 aromatic carbocycles. The molecule has 4 rings (SSSR count). The Morgan fingerprint density at radius 2 is 1.96 bits per heavy atom. The van der Waals surface area contributed by atoms with Crippen LogP contribution in [0.3, 0.4) is 0 Å². The molecule has 1 aliphatic heterocycles. The zero-order valence-corrected chi connectivity index (χ0v) is 15.7. The van der Waals surface area contributed by atoms with Gasteiger partial charge in [0.05, 0.1) is 4.34 Å². The minimum atomic E-state index is -0.0848. The maximum atomic E-state index is 13.9. The van der Waals surface area contributed by atoms with Gasteiger partial charge in [0.25, 0.3) is 0 Å². The van der Waals surface area contributed by atoms with Crippen molar-refractivity contribution in [1.29, 1.82) is 0 Å². The first-order valence-corrected chi connectivity index (χ1v) is 10.0. The number of nitrogens with zero attached hydrogens (tertiary/aromatic N) is 1. The molecule has 0 radical (unpaired) electrons. The number of rotatable bonds is 2. The second kappa shape index (κ2) is 6.44. The Bertz CT molecular complexity index is 746. The fourth-order valence-corrected chi connectivity index (χ4v) is 6.15. The minimum absolute atomic E-state index is 0.0848. The lowest BCUT2D eigenvalue weighted by molar-refractivity contribution is 0.140. The standard InChI is InChI=1S/C20H23ClFNS/c1-14-16-6-4-8-20(18(16)24-19(14)21)9-11-23(12-10-20)13-15-5-2-3-7-17(15)22/h2-3,5,7H,4,6,8-13H2,1H3. The normalized spacial score (nSPS) is 20.3. The largest absolute Gasteiger partial charge is 0.299 e. The summed E-state index contributed by atoms with van der Waals surface area (Å²) in [5.41, 5.74) is 3.97. The molecule has 0 saturated carbocycles. The molecule has 1 nitrogen and oxygen atoms in total. The molecule has 2 aliphatic rings. The Labute approximate surface area is 152 Å². The second-order valence-electron chi connectivity index (χ2n) is 7.31. The van der Waals surface area contributed by atoms with Gasteiger partial charge < -0.3 is 0 Å². The van der Waals surface area contributed by atoms with Gasteiger partial charge in [0.1, 0.15) is 5.82 Å². The molecular formula is C20H23ClFNS. The summed E-state index contributed by atoms with van der Waals surface area (Å²) in [5.74, 6) is -0.0848. The monoisotopic (exact) mass is 363 g/mol. The predicted molar refractivity (Wildman–Crippen MR) is 99.6 cm³/mol. The molecule has 1 aliphatic carbocycles. The van der Waals surface area contributed by atoms with Crippen LogP contribution in [0.2, 0.25) is 4.34 Å². The van der Waals surface area contributed by atoms with Crippen molar-refractivity contribution in [1.82, 2.24) is 4.90 Å². The van der Waals surface area contributed by atoms with Crippen molar-refractivity contribution >= 4 is 22.9 Å². The van der Waals surface area contributed by atoms with Crippen LogP contribution in [0.1, 0.15) is 47.3 Å². The Hall–Kier alpha value is -0.900. The third-order valence-corrected chi connectivity index (χ3v) is 7.83. The van der Waals surface area contributed by atoms with Crippen LogP contribution in [0.4, 0.5) is 4.39 Å². The highest BCUT2D eigenvalue weighted by Gasteiger charge is 2.41. The summed E-state index contributed by atoms with van der Waals surface area (Å²) < 4.78 is 14.9. The van der Waals surface area contributed by atoms with Gasteiger partial charge in [-0.05, 0) is 69.3 Å². The van der Waals surface area contributed by atoms with Gasteiger partial charge in [0.2, 0.25) is 0 Å². The molecule has 1 saturated heterocycles. The van der Waals surface area contributed by atoms with Crippen LogP contribution < -0.4 is 0 Å². The molecule has 2 heterocycles. The summed E-state index contributed by atoms with van der Waals surface area (Å²) in [6.45, 7) is 4.98. The van der Waals surface area contributed by atoms with E-state index in [-0.39, 0.29) is 5.82 Å². The summed E-state index contributed by atoms with van der Waals surface area (Å²) in [4.78, 5) is 3.96. The van der Waals surface area contributed by atoms with Gasteiger partial charge in [-0.25, -0.2) is 4.39 Å². The average Bonchev–Trinajstić information content (AvgIpc) is 2.89. The van der Waals surface area contributed by atoms with Crippen molar-refractivity contribution in [3.8, 4) is 0 Å². The van der Waals surface area contributed by atoms with E-state index in [1.54, 1.807) is 17.0 Å². The Morgan fingerprint density at radius 1 is 1.21 bits per heavy atom. The molecule has 1 spiro atoms. The summed E-state index contributed by atoms with van der Waals surface area (Å²) in [6.07, 6.45) is 6.08. The maximum absolute atomic E-state index is 13.9. The molecule has 0 bridgehead atoms. The number of benzene rings is 1. The number of hydrogen-bond donors (Lipinski definition) is 0. The first-order chi connectivity index (χ1) is 11.6. The fourth-order valence-electron chi connectivity index (χ4n) is 4.45. The number of likely N-dealkylation sites (tertiary alicyclic amines) is 1. The van der Waals surface area contributed by atoms with Crippen LogP contribution in [0, 0.1) is 12.7 Å².